The fourth-order valence-corrected chi connectivity index (χ4v) is 4.08. The molecule has 2 aromatic rings. The van der Waals surface area contributed by atoms with Crippen molar-refractivity contribution in [2.24, 2.45) is 0 Å². The quantitative estimate of drug-likeness (QED) is 0.898. The van der Waals surface area contributed by atoms with E-state index in [-0.39, 0.29) is 11.9 Å². The van der Waals surface area contributed by atoms with Crippen LogP contribution in [-0.2, 0) is 17.8 Å². The topological polar surface area (TPSA) is 48.7 Å². The third-order valence-electron chi connectivity index (χ3n) is 5.50. The molecule has 4 rings (SSSR count). The molecule has 1 aromatic carbocycles. The van der Waals surface area contributed by atoms with E-state index in [1.54, 1.807) is 6.26 Å². The first-order chi connectivity index (χ1) is 12.8. The van der Waals surface area contributed by atoms with Gasteiger partial charge < -0.3 is 9.73 Å². The third-order valence-corrected chi connectivity index (χ3v) is 5.50. The Morgan fingerprint density at radius 2 is 1.88 bits per heavy atom. The van der Waals surface area contributed by atoms with Crippen molar-refractivity contribution < 1.29 is 9.21 Å². The number of hydrogen-bond donors (Lipinski definition) is 1. The standard InChI is InChI=1S/C21H27N3O2/c25-21(22-20-9-3-6-17-5-1-2-8-19(17)20)16-24-12-10-23(11-13-24)15-18-7-4-14-26-18/h1-2,4-5,7-8,14,20H,3,6,9-13,15-16H2,(H,22,25)/t20-/m1/s1. The van der Waals surface area contributed by atoms with Crippen molar-refractivity contribution in [1.29, 1.82) is 0 Å². The van der Waals surface area contributed by atoms with Gasteiger partial charge in [0.05, 0.1) is 25.4 Å². The van der Waals surface area contributed by atoms with E-state index in [0.29, 0.717) is 6.54 Å². The van der Waals surface area contributed by atoms with Crippen LogP contribution in [0.2, 0.25) is 0 Å². The number of aryl methyl sites for hydroxylation is 1. The molecule has 5 nitrogen and oxygen atoms in total. The molecule has 2 aliphatic rings. The first-order valence-corrected chi connectivity index (χ1v) is 9.62. The summed E-state index contributed by atoms with van der Waals surface area (Å²) in [4.78, 5) is 17.2. The second kappa shape index (κ2) is 8.06. The first-order valence-electron chi connectivity index (χ1n) is 9.62. The number of amides is 1. The minimum Gasteiger partial charge on any atom is -0.468 e. The summed E-state index contributed by atoms with van der Waals surface area (Å²) in [6.45, 7) is 5.14. The molecular formula is C21H27N3O2. The van der Waals surface area contributed by atoms with E-state index in [4.69, 9.17) is 4.42 Å². The summed E-state index contributed by atoms with van der Waals surface area (Å²) >= 11 is 0. The van der Waals surface area contributed by atoms with Crippen LogP contribution in [0, 0.1) is 0 Å². The molecule has 1 aromatic heterocycles. The van der Waals surface area contributed by atoms with Gasteiger partial charge in [-0.2, -0.15) is 0 Å². The fraction of sp³-hybridized carbons (Fsp3) is 0.476. The van der Waals surface area contributed by atoms with Crippen LogP contribution < -0.4 is 5.32 Å². The summed E-state index contributed by atoms with van der Waals surface area (Å²) in [6, 6.07) is 12.6. The number of carbonyl (C=O) groups is 1. The smallest absolute Gasteiger partial charge is 0.234 e. The predicted octanol–water partition coefficient (Wildman–Crippen LogP) is 2.59. The molecule has 26 heavy (non-hydrogen) atoms. The molecule has 0 bridgehead atoms. The largest absolute Gasteiger partial charge is 0.468 e. The number of rotatable bonds is 5. The van der Waals surface area contributed by atoms with E-state index in [1.807, 2.05) is 12.1 Å². The predicted molar refractivity (Wildman–Crippen MR) is 101 cm³/mol. The first kappa shape index (κ1) is 17.3. The molecule has 0 radical (unpaired) electrons. The lowest BCUT2D eigenvalue weighted by atomic mass is 9.88. The van der Waals surface area contributed by atoms with Gasteiger partial charge in [0.25, 0.3) is 0 Å². The fourth-order valence-electron chi connectivity index (χ4n) is 4.08. The minimum absolute atomic E-state index is 0.145. The maximum Gasteiger partial charge on any atom is 0.234 e. The van der Waals surface area contributed by atoms with Gasteiger partial charge in [0.2, 0.25) is 5.91 Å². The maximum absolute atomic E-state index is 12.5. The normalized spacial score (nSPS) is 21.3. The van der Waals surface area contributed by atoms with Crippen LogP contribution >= 0.6 is 0 Å². The molecule has 1 atom stereocenters. The Labute approximate surface area is 155 Å². The SMILES string of the molecule is O=C(CN1CCN(Cc2ccco2)CC1)N[C@@H]1CCCc2ccccc21. The summed E-state index contributed by atoms with van der Waals surface area (Å²) in [5.74, 6) is 1.15. The number of nitrogens with zero attached hydrogens (tertiary/aromatic N) is 2. The molecule has 0 spiro atoms. The van der Waals surface area contributed by atoms with Gasteiger partial charge in [0.15, 0.2) is 0 Å². The van der Waals surface area contributed by atoms with Crippen molar-refractivity contribution in [2.45, 2.75) is 31.8 Å². The van der Waals surface area contributed by atoms with E-state index < -0.39 is 0 Å². The van der Waals surface area contributed by atoms with E-state index in [2.05, 4.69) is 39.4 Å². The van der Waals surface area contributed by atoms with E-state index >= 15 is 0 Å². The van der Waals surface area contributed by atoms with Crippen LogP contribution in [0.1, 0.15) is 35.8 Å². The Morgan fingerprint density at radius 1 is 1.08 bits per heavy atom. The second-order valence-electron chi connectivity index (χ2n) is 7.34. The van der Waals surface area contributed by atoms with Crippen molar-refractivity contribution >= 4 is 5.91 Å². The van der Waals surface area contributed by atoms with Crippen LogP contribution in [0.25, 0.3) is 0 Å². The number of benzene rings is 1. The average Bonchev–Trinajstić information content (AvgIpc) is 3.17. The molecule has 0 unspecified atom stereocenters. The zero-order valence-electron chi connectivity index (χ0n) is 15.2. The van der Waals surface area contributed by atoms with Gasteiger partial charge in [0.1, 0.15) is 5.76 Å². The molecule has 1 N–H and O–H groups in total. The molecule has 5 heteroatoms. The molecule has 138 valence electrons. The number of piperazine rings is 1. The van der Waals surface area contributed by atoms with E-state index in [1.165, 1.54) is 11.1 Å². The minimum atomic E-state index is 0.145. The number of hydrogen-bond acceptors (Lipinski definition) is 4. The summed E-state index contributed by atoms with van der Waals surface area (Å²) < 4.78 is 5.42. The van der Waals surface area contributed by atoms with Gasteiger partial charge in [-0.25, -0.2) is 0 Å². The van der Waals surface area contributed by atoms with Crippen LogP contribution in [0.3, 0.4) is 0 Å². The highest BCUT2D eigenvalue weighted by molar-refractivity contribution is 5.78. The van der Waals surface area contributed by atoms with Crippen LogP contribution in [-0.4, -0.2) is 48.4 Å². The van der Waals surface area contributed by atoms with Crippen molar-refractivity contribution in [2.75, 3.05) is 32.7 Å². The Kier molecular flexibility index (Phi) is 5.37. The lowest BCUT2D eigenvalue weighted by molar-refractivity contribution is -0.123. The Bertz CT molecular complexity index is 721. The number of furan rings is 1. The number of fused-ring (bicyclic) bond motifs is 1. The van der Waals surface area contributed by atoms with Crippen LogP contribution in [0.15, 0.2) is 47.1 Å². The van der Waals surface area contributed by atoms with Crippen LogP contribution in [0.5, 0.6) is 0 Å². The van der Waals surface area contributed by atoms with Crippen molar-refractivity contribution in [3.63, 3.8) is 0 Å². The lowest BCUT2D eigenvalue weighted by Gasteiger charge is -2.34. The van der Waals surface area contributed by atoms with Gasteiger partial charge in [-0.15, -0.1) is 0 Å². The highest BCUT2D eigenvalue weighted by atomic mass is 16.3. The van der Waals surface area contributed by atoms with Crippen molar-refractivity contribution in [3.8, 4) is 0 Å². The van der Waals surface area contributed by atoms with Crippen LogP contribution in [0.4, 0.5) is 0 Å². The van der Waals surface area contributed by atoms with E-state index in [0.717, 1.165) is 57.7 Å². The van der Waals surface area contributed by atoms with Gasteiger partial charge in [-0.1, -0.05) is 24.3 Å². The summed E-state index contributed by atoms with van der Waals surface area (Å²) in [5, 5.41) is 3.26. The molecule has 1 aliphatic carbocycles. The summed E-state index contributed by atoms with van der Waals surface area (Å²) in [7, 11) is 0. The van der Waals surface area contributed by atoms with E-state index in [9.17, 15) is 4.79 Å². The van der Waals surface area contributed by atoms with Gasteiger partial charge >= 0.3 is 0 Å². The number of nitrogens with one attached hydrogen (secondary N) is 1. The molecule has 1 amide bonds. The monoisotopic (exact) mass is 353 g/mol. The Balaban J connectivity index is 1.25. The van der Waals surface area contributed by atoms with Gasteiger partial charge in [-0.3, -0.25) is 14.6 Å². The third kappa shape index (κ3) is 4.17. The van der Waals surface area contributed by atoms with Crippen molar-refractivity contribution in [1.82, 2.24) is 15.1 Å². The molecular weight excluding hydrogens is 326 g/mol. The second-order valence-corrected chi connectivity index (χ2v) is 7.34. The molecule has 0 saturated carbocycles. The van der Waals surface area contributed by atoms with Gasteiger partial charge in [-0.05, 0) is 42.5 Å². The highest BCUT2D eigenvalue weighted by Crippen LogP contribution is 2.29. The summed E-state index contributed by atoms with van der Waals surface area (Å²) in [5.41, 5.74) is 2.69. The lowest BCUT2D eigenvalue weighted by Crippen LogP contribution is -2.49. The van der Waals surface area contributed by atoms with Crippen molar-refractivity contribution in [3.05, 3.63) is 59.5 Å². The highest BCUT2D eigenvalue weighted by Gasteiger charge is 2.24. The zero-order chi connectivity index (χ0) is 17.8. The summed E-state index contributed by atoms with van der Waals surface area (Å²) in [6.07, 6.45) is 5.03. The average molecular weight is 353 g/mol. The molecule has 1 aliphatic heterocycles. The molecule has 1 fully saturated rings. The number of carbonyl (C=O) groups excluding carboxylic acids is 1. The maximum atomic E-state index is 12.5. The Hall–Kier alpha value is -2.11. The zero-order valence-corrected chi connectivity index (χ0v) is 15.2. The van der Waals surface area contributed by atoms with Gasteiger partial charge in [0, 0.05) is 26.2 Å². The molecule has 2 heterocycles. The Morgan fingerprint density at radius 3 is 2.69 bits per heavy atom. The molecule has 1 saturated heterocycles.